The van der Waals surface area contributed by atoms with E-state index in [0.29, 0.717) is 12.5 Å². The Labute approximate surface area is 198 Å². The number of hydrogen-bond acceptors (Lipinski definition) is 3. The molecule has 1 aromatic carbocycles. The van der Waals surface area contributed by atoms with Crippen molar-refractivity contribution in [2.24, 2.45) is 10.9 Å². The third-order valence-electron chi connectivity index (χ3n) is 5.45. The molecule has 1 fully saturated rings. The van der Waals surface area contributed by atoms with Crippen LogP contribution >= 0.6 is 24.0 Å². The Kier molecular flexibility index (Phi) is 10.1. The number of benzene rings is 1. The molecule has 1 saturated heterocycles. The first kappa shape index (κ1) is 24.7. The highest BCUT2D eigenvalue weighted by molar-refractivity contribution is 14.0. The van der Waals surface area contributed by atoms with Crippen LogP contribution in [0.5, 0.6) is 0 Å². The first-order valence-electron chi connectivity index (χ1n) is 11.0. The summed E-state index contributed by atoms with van der Waals surface area (Å²) in [5.74, 6) is 1.59. The van der Waals surface area contributed by atoms with E-state index in [1.165, 1.54) is 38.0 Å². The molecular formula is C23H37IN6. The molecule has 7 heteroatoms. The quantitative estimate of drug-likeness (QED) is 0.313. The Morgan fingerprint density at radius 3 is 2.70 bits per heavy atom. The molecule has 1 atom stereocenters. The second-order valence-corrected chi connectivity index (χ2v) is 8.00. The first-order chi connectivity index (χ1) is 14.1. The Bertz CT molecular complexity index is 816. The van der Waals surface area contributed by atoms with Gasteiger partial charge in [-0.05, 0) is 70.3 Å². The van der Waals surface area contributed by atoms with Gasteiger partial charge in [-0.2, -0.15) is 5.10 Å². The number of aryl methyl sites for hydroxylation is 2. The van der Waals surface area contributed by atoms with Gasteiger partial charge in [0.1, 0.15) is 0 Å². The minimum atomic E-state index is 0. The Morgan fingerprint density at radius 2 is 2.00 bits per heavy atom. The fourth-order valence-corrected chi connectivity index (χ4v) is 4.07. The monoisotopic (exact) mass is 524 g/mol. The molecule has 6 nitrogen and oxygen atoms in total. The van der Waals surface area contributed by atoms with Gasteiger partial charge in [0.2, 0.25) is 0 Å². The van der Waals surface area contributed by atoms with E-state index in [0.717, 1.165) is 36.1 Å². The van der Waals surface area contributed by atoms with Gasteiger partial charge in [0.15, 0.2) is 5.96 Å². The molecule has 1 aliphatic rings. The zero-order valence-corrected chi connectivity index (χ0v) is 21.1. The topological polar surface area (TPSA) is 57.5 Å². The van der Waals surface area contributed by atoms with Crippen molar-refractivity contribution in [3.05, 3.63) is 47.3 Å². The van der Waals surface area contributed by atoms with Crippen LogP contribution in [0.2, 0.25) is 0 Å². The number of para-hydroxylation sites is 1. The lowest BCUT2D eigenvalue weighted by molar-refractivity contribution is 0.324. The van der Waals surface area contributed by atoms with Crippen molar-refractivity contribution in [1.82, 2.24) is 25.3 Å². The largest absolute Gasteiger partial charge is 0.357 e. The van der Waals surface area contributed by atoms with E-state index >= 15 is 0 Å². The zero-order chi connectivity index (χ0) is 20.6. The second kappa shape index (κ2) is 12.3. The van der Waals surface area contributed by atoms with Crippen molar-refractivity contribution < 1.29 is 0 Å². The minimum Gasteiger partial charge on any atom is -0.357 e. The highest BCUT2D eigenvalue weighted by Gasteiger charge is 2.21. The number of hydrogen-bond donors (Lipinski definition) is 2. The Morgan fingerprint density at radius 1 is 1.20 bits per heavy atom. The number of nitrogens with one attached hydrogen (secondary N) is 2. The van der Waals surface area contributed by atoms with Gasteiger partial charge in [0.25, 0.3) is 0 Å². The van der Waals surface area contributed by atoms with Crippen LogP contribution in [0.25, 0.3) is 5.69 Å². The predicted molar refractivity (Wildman–Crippen MR) is 136 cm³/mol. The molecule has 30 heavy (non-hydrogen) atoms. The summed E-state index contributed by atoms with van der Waals surface area (Å²) in [6.45, 7) is 14.6. The van der Waals surface area contributed by atoms with Crippen LogP contribution < -0.4 is 10.6 Å². The summed E-state index contributed by atoms with van der Waals surface area (Å²) in [6.07, 6.45) is 2.51. The molecule has 3 rings (SSSR count). The van der Waals surface area contributed by atoms with Gasteiger partial charge < -0.3 is 15.5 Å². The molecule has 2 aromatic rings. The molecule has 0 radical (unpaired) electrons. The molecule has 2 heterocycles. The third kappa shape index (κ3) is 6.70. The van der Waals surface area contributed by atoms with E-state index in [4.69, 9.17) is 4.99 Å². The predicted octanol–water partition coefficient (Wildman–Crippen LogP) is 3.89. The Balaban J connectivity index is 0.00000320. The Hall–Kier alpha value is -1.61. The average molecular weight is 524 g/mol. The van der Waals surface area contributed by atoms with Crippen LogP contribution in [-0.4, -0.2) is 53.4 Å². The van der Waals surface area contributed by atoms with E-state index in [9.17, 15) is 0 Å². The van der Waals surface area contributed by atoms with Crippen LogP contribution in [0.15, 0.2) is 35.3 Å². The molecule has 1 unspecified atom stereocenters. The number of guanidine groups is 1. The van der Waals surface area contributed by atoms with E-state index in [1.54, 1.807) is 0 Å². The molecular weight excluding hydrogens is 487 g/mol. The minimum absolute atomic E-state index is 0. The molecule has 2 N–H and O–H groups in total. The van der Waals surface area contributed by atoms with Crippen molar-refractivity contribution in [3.63, 3.8) is 0 Å². The molecule has 0 amide bonds. The number of halogens is 1. The molecule has 0 bridgehead atoms. The van der Waals surface area contributed by atoms with Gasteiger partial charge in [0.05, 0.1) is 17.9 Å². The van der Waals surface area contributed by atoms with Crippen molar-refractivity contribution in [2.45, 2.75) is 47.1 Å². The van der Waals surface area contributed by atoms with E-state index in [1.807, 2.05) is 11.6 Å². The van der Waals surface area contributed by atoms with Crippen LogP contribution in [-0.2, 0) is 6.54 Å². The summed E-state index contributed by atoms with van der Waals surface area (Å²) in [6, 6.07) is 10.5. The molecule has 166 valence electrons. The van der Waals surface area contributed by atoms with Gasteiger partial charge in [-0.1, -0.05) is 25.1 Å². The van der Waals surface area contributed by atoms with Gasteiger partial charge in [-0.3, -0.25) is 0 Å². The van der Waals surface area contributed by atoms with Gasteiger partial charge in [-0.15, -0.1) is 24.0 Å². The summed E-state index contributed by atoms with van der Waals surface area (Å²) >= 11 is 0. The van der Waals surface area contributed by atoms with Crippen LogP contribution in [0.1, 0.15) is 43.6 Å². The number of nitrogens with zero attached hydrogens (tertiary/aromatic N) is 4. The maximum Gasteiger partial charge on any atom is 0.191 e. The maximum absolute atomic E-state index is 4.86. The highest BCUT2D eigenvalue weighted by Crippen LogP contribution is 2.18. The highest BCUT2D eigenvalue weighted by atomic mass is 127. The fraction of sp³-hybridized carbons (Fsp3) is 0.565. The first-order valence-corrected chi connectivity index (χ1v) is 11.0. The SMILES string of the molecule is CCCN1CCC(CNC(=NCc2ccccc2-n2nc(C)cc2C)NCC)C1.I. The number of aliphatic imine (C=N–C) groups is 1. The van der Waals surface area contributed by atoms with Gasteiger partial charge >= 0.3 is 0 Å². The van der Waals surface area contributed by atoms with E-state index < -0.39 is 0 Å². The summed E-state index contributed by atoms with van der Waals surface area (Å²) in [5, 5.41) is 11.6. The smallest absolute Gasteiger partial charge is 0.191 e. The molecule has 1 aromatic heterocycles. The van der Waals surface area contributed by atoms with E-state index in [-0.39, 0.29) is 24.0 Å². The van der Waals surface area contributed by atoms with Crippen LogP contribution in [0.4, 0.5) is 0 Å². The van der Waals surface area contributed by atoms with Crippen molar-refractivity contribution >= 4 is 29.9 Å². The maximum atomic E-state index is 4.86. The van der Waals surface area contributed by atoms with Crippen molar-refractivity contribution in [1.29, 1.82) is 0 Å². The lowest BCUT2D eigenvalue weighted by Crippen LogP contribution is -2.40. The fourth-order valence-electron chi connectivity index (χ4n) is 4.07. The van der Waals surface area contributed by atoms with Crippen molar-refractivity contribution in [3.8, 4) is 5.69 Å². The average Bonchev–Trinajstić information content (AvgIpc) is 3.30. The van der Waals surface area contributed by atoms with Gasteiger partial charge in [-0.25, -0.2) is 9.67 Å². The van der Waals surface area contributed by atoms with Crippen LogP contribution in [0.3, 0.4) is 0 Å². The summed E-state index contributed by atoms with van der Waals surface area (Å²) < 4.78 is 2.02. The molecule has 0 spiro atoms. The number of aromatic nitrogens is 2. The molecule has 1 aliphatic heterocycles. The number of rotatable bonds is 8. The standard InChI is InChI=1S/C23H36N6.HI/c1-5-12-28-13-11-20(17-28)15-25-23(24-6-2)26-16-21-9-7-8-10-22(21)29-19(4)14-18(3)27-29;/h7-10,14,20H,5-6,11-13,15-17H2,1-4H3,(H2,24,25,26);1H. The summed E-state index contributed by atoms with van der Waals surface area (Å²) in [4.78, 5) is 7.43. The molecule has 0 saturated carbocycles. The second-order valence-electron chi connectivity index (χ2n) is 8.00. The van der Waals surface area contributed by atoms with Crippen molar-refractivity contribution in [2.75, 3.05) is 32.7 Å². The third-order valence-corrected chi connectivity index (χ3v) is 5.45. The van der Waals surface area contributed by atoms with Crippen LogP contribution in [0, 0.1) is 19.8 Å². The number of likely N-dealkylation sites (tertiary alicyclic amines) is 1. The summed E-state index contributed by atoms with van der Waals surface area (Å²) in [5.41, 5.74) is 4.45. The normalized spacial score (nSPS) is 17.1. The zero-order valence-electron chi connectivity index (χ0n) is 18.8. The lowest BCUT2D eigenvalue weighted by Gasteiger charge is -2.17. The van der Waals surface area contributed by atoms with E-state index in [2.05, 4.69) is 71.7 Å². The summed E-state index contributed by atoms with van der Waals surface area (Å²) in [7, 11) is 0. The lowest BCUT2D eigenvalue weighted by atomic mass is 10.1. The molecule has 0 aliphatic carbocycles. The van der Waals surface area contributed by atoms with Gasteiger partial charge in [0, 0.05) is 25.3 Å².